The zero-order chi connectivity index (χ0) is 23.1. The largest absolute Gasteiger partial charge is 0.481 e. The van der Waals surface area contributed by atoms with Crippen LogP contribution in [-0.4, -0.2) is 46.3 Å². The van der Waals surface area contributed by atoms with Crippen molar-refractivity contribution in [2.45, 2.75) is 89.3 Å². The third kappa shape index (κ3) is 12.0. The van der Waals surface area contributed by atoms with Gasteiger partial charge in [0, 0.05) is 12.2 Å². The first-order valence-corrected chi connectivity index (χ1v) is 11.0. The van der Waals surface area contributed by atoms with Crippen molar-refractivity contribution in [2.75, 3.05) is 0 Å². The number of carboxylic acids is 2. The van der Waals surface area contributed by atoms with E-state index in [-0.39, 0.29) is 18.6 Å². The Hall–Kier alpha value is -2.64. The molecule has 0 aliphatic heterocycles. The summed E-state index contributed by atoms with van der Waals surface area (Å²) in [6.07, 6.45) is 15.1. The second-order valence-electron chi connectivity index (χ2n) is 7.82. The van der Waals surface area contributed by atoms with Crippen molar-refractivity contribution in [1.29, 1.82) is 0 Å². The van der Waals surface area contributed by atoms with E-state index in [1.165, 1.54) is 31.1 Å². The van der Waals surface area contributed by atoms with Gasteiger partial charge in [-0.25, -0.2) is 9.59 Å². The predicted molar refractivity (Wildman–Crippen MR) is 113 cm³/mol. The second-order valence-corrected chi connectivity index (χ2v) is 7.82. The quantitative estimate of drug-likeness (QED) is 0.239. The van der Waals surface area contributed by atoms with Crippen LogP contribution in [0.25, 0.3) is 0 Å². The molecule has 174 valence electrons. The van der Waals surface area contributed by atoms with Gasteiger partial charge in [-0.1, -0.05) is 18.9 Å². The third-order valence-corrected chi connectivity index (χ3v) is 5.28. The minimum absolute atomic E-state index is 0.0234. The van der Waals surface area contributed by atoms with Crippen molar-refractivity contribution >= 4 is 23.9 Å². The molecule has 0 saturated heterocycles. The number of carbonyl (C=O) groups excluding carboxylic acids is 2. The van der Waals surface area contributed by atoms with Gasteiger partial charge >= 0.3 is 23.9 Å². The molecule has 2 saturated carbocycles. The summed E-state index contributed by atoms with van der Waals surface area (Å²) >= 11 is 0. The van der Waals surface area contributed by atoms with Crippen LogP contribution in [0.15, 0.2) is 24.8 Å². The number of rotatable bonds is 9. The first-order valence-electron chi connectivity index (χ1n) is 11.0. The Bertz CT molecular complexity index is 579. The van der Waals surface area contributed by atoms with Crippen LogP contribution in [-0.2, 0) is 28.7 Å². The van der Waals surface area contributed by atoms with Gasteiger partial charge in [0.25, 0.3) is 0 Å². The topological polar surface area (TPSA) is 127 Å². The average Bonchev–Trinajstić information content (AvgIpc) is 2.74. The molecule has 2 aliphatic carbocycles. The molecule has 0 amide bonds. The van der Waals surface area contributed by atoms with Crippen molar-refractivity contribution < 1.29 is 38.9 Å². The molecule has 8 nitrogen and oxygen atoms in total. The number of carbonyl (C=O) groups is 4. The summed E-state index contributed by atoms with van der Waals surface area (Å²) in [6.45, 7) is 3.37. The molecule has 0 aromatic heterocycles. The highest BCUT2D eigenvalue weighted by atomic mass is 16.5. The molecular formula is C23H34O8. The van der Waals surface area contributed by atoms with E-state index in [9.17, 15) is 19.2 Å². The Morgan fingerprint density at radius 3 is 1.48 bits per heavy atom. The zero-order valence-electron chi connectivity index (χ0n) is 18.0. The minimum atomic E-state index is -1.30. The van der Waals surface area contributed by atoms with E-state index in [4.69, 9.17) is 19.7 Å². The maximum atomic E-state index is 11.6. The fourth-order valence-electron chi connectivity index (χ4n) is 3.55. The Balaban J connectivity index is 0.000000373. The van der Waals surface area contributed by atoms with E-state index in [1.54, 1.807) is 0 Å². The lowest BCUT2D eigenvalue weighted by molar-refractivity contribution is -0.155. The van der Waals surface area contributed by atoms with Gasteiger partial charge in [-0.05, 0) is 64.2 Å². The van der Waals surface area contributed by atoms with Crippen LogP contribution in [0.2, 0.25) is 0 Å². The van der Waals surface area contributed by atoms with Gasteiger partial charge in [0.15, 0.2) is 5.92 Å². The van der Waals surface area contributed by atoms with Crippen LogP contribution in [0.4, 0.5) is 0 Å². The van der Waals surface area contributed by atoms with Gasteiger partial charge in [0.2, 0.25) is 0 Å². The molecule has 0 aromatic rings. The number of carboxylic acid groups (broad SMARTS) is 2. The third-order valence-electron chi connectivity index (χ3n) is 5.28. The SMILES string of the molecule is C=CCCC(C(=O)O)C(=O)O.O=C(/C=C\C(=O)OC1CCCCC1)OC1CCCCC1. The summed E-state index contributed by atoms with van der Waals surface area (Å²) in [4.78, 5) is 43.6. The molecule has 0 heterocycles. The fourth-order valence-corrected chi connectivity index (χ4v) is 3.55. The number of hydrogen-bond acceptors (Lipinski definition) is 6. The zero-order valence-corrected chi connectivity index (χ0v) is 18.0. The summed E-state index contributed by atoms with van der Waals surface area (Å²) in [6, 6.07) is 0. The second kappa shape index (κ2) is 15.2. The summed E-state index contributed by atoms with van der Waals surface area (Å²) < 4.78 is 10.6. The molecule has 2 aliphatic rings. The van der Waals surface area contributed by atoms with Gasteiger partial charge in [0.05, 0.1) is 0 Å². The van der Waals surface area contributed by atoms with Crippen molar-refractivity contribution in [3.8, 4) is 0 Å². The molecule has 31 heavy (non-hydrogen) atoms. The van der Waals surface area contributed by atoms with Crippen LogP contribution in [0, 0.1) is 5.92 Å². The van der Waals surface area contributed by atoms with Crippen LogP contribution in [0.3, 0.4) is 0 Å². The molecule has 2 N–H and O–H groups in total. The first kappa shape index (κ1) is 26.4. The van der Waals surface area contributed by atoms with Crippen molar-refractivity contribution in [1.82, 2.24) is 0 Å². The lowest BCUT2D eigenvalue weighted by atomic mass is 9.98. The minimum Gasteiger partial charge on any atom is -0.481 e. The number of aliphatic carboxylic acids is 2. The smallest absolute Gasteiger partial charge is 0.331 e. The number of ether oxygens (including phenoxy) is 2. The van der Waals surface area contributed by atoms with E-state index < -0.39 is 29.8 Å². The molecule has 2 fully saturated rings. The van der Waals surface area contributed by atoms with Crippen molar-refractivity contribution in [3.05, 3.63) is 24.8 Å². The number of hydrogen-bond donors (Lipinski definition) is 2. The molecule has 0 radical (unpaired) electrons. The van der Waals surface area contributed by atoms with Crippen molar-refractivity contribution in [2.24, 2.45) is 5.92 Å². The Morgan fingerprint density at radius 1 is 0.774 bits per heavy atom. The molecule has 0 spiro atoms. The molecule has 2 rings (SSSR count). The Kier molecular flexibility index (Phi) is 12.9. The molecule has 0 aromatic carbocycles. The van der Waals surface area contributed by atoms with Crippen LogP contribution >= 0.6 is 0 Å². The normalized spacial score (nSPS) is 17.5. The van der Waals surface area contributed by atoms with E-state index in [1.807, 2.05) is 0 Å². The maximum Gasteiger partial charge on any atom is 0.331 e. The van der Waals surface area contributed by atoms with Gasteiger partial charge < -0.3 is 19.7 Å². The van der Waals surface area contributed by atoms with Crippen LogP contribution in [0.1, 0.15) is 77.0 Å². The standard InChI is InChI=1S/C16H24O4.C7H10O4/c17-15(19-13-7-3-1-4-8-13)11-12-16(18)20-14-9-5-2-6-10-14;1-2-3-4-5(6(8)9)7(10)11/h11-14H,1-10H2;2,5H,1,3-4H2,(H,8,9)(H,10,11)/b12-11-;. The molecule has 0 bridgehead atoms. The van der Waals surface area contributed by atoms with E-state index in [0.29, 0.717) is 6.42 Å². The molecule has 8 heteroatoms. The highest BCUT2D eigenvalue weighted by Crippen LogP contribution is 2.21. The lowest BCUT2D eigenvalue weighted by Crippen LogP contribution is -2.22. The van der Waals surface area contributed by atoms with Gasteiger partial charge in [-0.2, -0.15) is 0 Å². The Labute approximate surface area is 183 Å². The number of allylic oxidation sites excluding steroid dienone is 1. The van der Waals surface area contributed by atoms with E-state index in [2.05, 4.69) is 6.58 Å². The van der Waals surface area contributed by atoms with E-state index >= 15 is 0 Å². The maximum absolute atomic E-state index is 11.6. The highest BCUT2D eigenvalue weighted by molar-refractivity contribution is 5.93. The monoisotopic (exact) mass is 438 g/mol. The Morgan fingerprint density at radius 2 is 1.16 bits per heavy atom. The predicted octanol–water partition coefficient (Wildman–Crippen LogP) is 4.03. The molecule has 0 atom stereocenters. The van der Waals surface area contributed by atoms with E-state index in [0.717, 1.165) is 51.4 Å². The molecular weight excluding hydrogens is 404 g/mol. The van der Waals surface area contributed by atoms with Crippen LogP contribution in [0.5, 0.6) is 0 Å². The first-order chi connectivity index (χ1) is 14.8. The van der Waals surface area contributed by atoms with Gasteiger partial charge in [0.1, 0.15) is 12.2 Å². The highest BCUT2D eigenvalue weighted by Gasteiger charge is 2.24. The van der Waals surface area contributed by atoms with Crippen molar-refractivity contribution in [3.63, 3.8) is 0 Å². The summed E-state index contributed by atoms with van der Waals surface area (Å²) in [5.74, 6) is -4.75. The summed E-state index contributed by atoms with van der Waals surface area (Å²) in [7, 11) is 0. The van der Waals surface area contributed by atoms with Gasteiger partial charge in [-0.3, -0.25) is 9.59 Å². The van der Waals surface area contributed by atoms with Gasteiger partial charge in [-0.15, -0.1) is 6.58 Å². The number of esters is 2. The molecule has 0 unspecified atom stereocenters. The average molecular weight is 439 g/mol. The summed E-state index contributed by atoms with van der Waals surface area (Å²) in [5, 5.41) is 16.7. The van der Waals surface area contributed by atoms with Crippen LogP contribution < -0.4 is 0 Å². The summed E-state index contributed by atoms with van der Waals surface area (Å²) in [5.41, 5.74) is 0. The fraction of sp³-hybridized carbons (Fsp3) is 0.652. The lowest BCUT2D eigenvalue weighted by Gasteiger charge is -2.21.